The van der Waals surface area contributed by atoms with Crippen molar-refractivity contribution in [3.05, 3.63) is 46.9 Å². The summed E-state index contributed by atoms with van der Waals surface area (Å²) < 4.78 is 16.0. The summed E-state index contributed by atoms with van der Waals surface area (Å²) in [5.41, 5.74) is 1.70. The van der Waals surface area contributed by atoms with E-state index in [0.29, 0.717) is 17.6 Å². The minimum atomic E-state index is -0.676. The number of carbonyl (C=O) groups excluding carboxylic acids is 3. The number of furan rings is 1. The van der Waals surface area contributed by atoms with Gasteiger partial charge in [-0.25, -0.2) is 14.4 Å². The van der Waals surface area contributed by atoms with Gasteiger partial charge in [-0.3, -0.25) is 0 Å². The van der Waals surface area contributed by atoms with E-state index in [1.807, 2.05) is 25.1 Å². The first-order valence-electron chi connectivity index (χ1n) is 9.09. The first-order chi connectivity index (χ1) is 13.5. The molecule has 0 fully saturated rings. The van der Waals surface area contributed by atoms with Crippen LogP contribution in [0, 0.1) is 6.92 Å². The summed E-state index contributed by atoms with van der Waals surface area (Å²) in [5.74, 6) is -1.15. The van der Waals surface area contributed by atoms with Gasteiger partial charge in [-0.1, -0.05) is 25.1 Å². The minimum Gasteiger partial charge on any atom is -0.463 e. The average Bonchev–Trinajstić information content (AvgIpc) is 3.02. The van der Waals surface area contributed by atoms with Gasteiger partial charge in [-0.15, -0.1) is 0 Å². The van der Waals surface area contributed by atoms with E-state index in [0.717, 1.165) is 5.39 Å². The summed E-state index contributed by atoms with van der Waals surface area (Å²) in [6, 6.07) is 6.29. The summed E-state index contributed by atoms with van der Waals surface area (Å²) in [7, 11) is 0. The Labute approximate surface area is 161 Å². The third kappa shape index (κ3) is 3.71. The molecule has 2 N–H and O–H groups in total. The van der Waals surface area contributed by atoms with E-state index in [9.17, 15) is 14.4 Å². The lowest BCUT2D eigenvalue weighted by molar-refractivity contribution is -0.139. The average molecular weight is 386 g/mol. The summed E-state index contributed by atoms with van der Waals surface area (Å²) in [6.45, 7) is 5.20. The maximum Gasteiger partial charge on any atom is 0.374 e. The van der Waals surface area contributed by atoms with E-state index in [-0.39, 0.29) is 30.2 Å². The fourth-order valence-electron chi connectivity index (χ4n) is 3.15. The second-order valence-corrected chi connectivity index (χ2v) is 6.30. The fourth-order valence-corrected chi connectivity index (χ4v) is 3.15. The van der Waals surface area contributed by atoms with E-state index in [4.69, 9.17) is 13.9 Å². The molecule has 1 atom stereocenters. The molecule has 1 aliphatic heterocycles. The molecular weight excluding hydrogens is 364 g/mol. The Bertz CT molecular complexity index is 959. The van der Waals surface area contributed by atoms with Gasteiger partial charge in [0.05, 0.1) is 23.9 Å². The summed E-state index contributed by atoms with van der Waals surface area (Å²) in [4.78, 5) is 36.8. The Kier molecular flexibility index (Phi) is 5.67. The number of fused-ring (bicyclic) bond motifs is 1. The highest BCUT2D eigenvalue weighted by Crippen LogP contribution is 2.26. The van der Waals surface area contributed by atoms with Crippen molar-refractivity contribution in [2.45, 2.75) is 33.2 Å². The van der Waals surface area contributed by atoms with E-state index >= 15 is 0 Å². The van der Waals surface area contributed by atoms with Crippen LogP contribution in [0.25, 0.3) is 11.0 Å². The molecule has 1 aliphatic rings. The lowest BCUT2D eigenvalue weighted by Crippen LogP contribution is -2.51. The Morgan fingerprint density at radius 3 is 2.57 bits per heavy atom. The van der Waals surface area contributed by atoms with Crippen LogP contribution < -0.4 is 10.6 Å². The minimum absolute atomic E-state index is 0.0896. The normalized spacial score (nSPS) is 16.5. The van der Waals surface area contributed by atoms with Crippen LogP contribution in [0.3, 0.4) is 0 Å². The highest BCUT2D eigenvalue weighted by Gasteiger charge is 2.32. The number of carbonyl (C=O) groups is 3. The number of benzene rings is 1. The van der Waals surface area contributed by atoms with E-state index in [2.05, 4.69) is 10.6 Å². The number of aryl methyl sites for hydroxylation is 1. The molecule has 0 aliphatic carbocycles. The lowest BCUT2D eigenvalue weighted by Gasteiger charge is -2.28. The zero-order valence-corrected chi connectivity index (χ0v) is 16.0. The molecule has 0 radical (unpaired) electrons. The van der Waals surface area contributed by atoms with Crippen LogP contribution >= 0.6 is 0 Å². The molecule has 1 aromatic carbocycles. The molecule has 2 heterocycles. The van der Waals surface area contributed by atoms with Crippen molar-refractivity contribution in [1.82, 2.24) is 10.6 Å². The van der Waals surface area contributed by atoms with Gasteiger partial charge in [0.1, 0.15) is 12.2 Å². The van der Waals surface area contributed by atoms with Crippen LogP contribution in [0.2, 0.25) is 0 Å². The summed E-state index contributed by atoms with van der Waals surface area (Å²) in [6.07, 6.45) is 0.488. The maximum absolute atomic E-state index is 12.5. The number of ether oxygens (including phenoxy) is 2. The number of nitrogens with one attached hydrogen (secondary N) is 2. The van der Waals surface area contributed by atoms with Gasteiger partial charge in [-0.2, -0.15) is 0 Å². The molecule has 0 bridgehead atoms. The molecular formula is C20H22N2O6. The molecule has 1 aromatic heterocycles. The van der Waals surface area contributed by atoms with Crippen molar-refractivity contribution in [2.24, 2.45) is 0 Å². The Balaban J connectivity index is 1.84. The Morgan fingerprint density at radius 1 is 1.14 bits per heavy atom. The van der Waals surface area contributed by atoms with E-state index in [1.54, 1.807) is 19.9 Å². The maximum atomic E-state index is 12.5. The first-order valence-corrected chi connectivity index (χ1v) is 9.09. The van der Waals surface area contributed by atoms with Crippen LogP contribution in [0.5, 0.6) is 0 Å². The van der Waals surface area contributed by atoms with Crippen LogP contribution in [-0.2, 0) is 14.3 Å². The number of esters is 2. The van der Waals surface area contributed by atoms with Gasteiger partial charge < -0.3 is 24.5 Å². The van der Waals surface area contributed by atoms with Gasteiger partial charge in [0, 0.05) is 10.9 Å². The molecule has 28 heavy (non-hydrogen) atoms. The lowest BCUT2D eigenvalue weighted by atomic mass is 10.0. The molecule has 0 spiro atoms. The Hall–Kier alpha value is -3.29. The SMILES string of the molecule is CCOC(=O)C1=C(COC(=O)c2oc3ccccc3c2C)NC(=O)N[C@H]1CC. The van der Waals surface area contributed by atoms with Crippen LogP contribution in [0.1, 0.15) is 36.4 Å². The fraction of sp³-hybridized carbons (Fsp3) is 0.350. The molecule has 2 aromatic rings. The van der Waals surface area contributed by atoms with Gasteiger partial charge >= 0.3 is 18.0 Å². The highest BCUT2D eigenvalue weighted by molar-refractivity contribution is 5.97. The number of para-hydroxylation sites is 1. The molecule has 0 saturated heterocycles. The van der Waals surface area contributed by atoms with Crippen molar-refractivity contribution in [2.75, 3.05) is 13.2 Å². The van der Waals surface area contributed by atoms with Crippen LogP contribution in [0.4, 0.5) is 4.79 Å². The second kappa shape index (κ2) is 8.16. The quantitative estimate of drug-likeness (QED) is 0.740. The number of amides is 2. The second-order valence-electron chi connectivity index (χ2n) is 6.30. The largest absolute Gasteiger partial charge is 0.463 e. The van der Waals surface area contributed by atoms with Crippen molar-refractivity contribution in [3.8, 4) is 0 Å². The predicted molar refractivity (Wildman–Crippen MR) is 101 cm³/mol. The van der Waals surface area contributed by atoms with E-state index in [1.165, 1.54) is 0 Å². The zero-order chi connectivity index (χ0) is 20.3. The standard InChI is InChI=1S/C20H22N2O6/c1-4-13-16(18(23)26-5-2)14(22-20(25)21-13)10-27-19(24)17-11(3)12-8-6-7-9-15(12)28-17/h6-9,13H,4-5,10H2,1-3H3,(H2,21,22,25)/t13-/m0/s1. The highest BCUT2D eigenvalue weighted by atomic mass is 16.5. The number of hydrogen-bond donors (Lipinski definition) is 2. The molecule has 8 heteroatoms. The van der Waals surface area contributed by atoms with Gasteiger partial charge in [0.25, 0.3) is 0 Å². The van der Waals surface area contributed by atoms with Gasteiger partial charge in [0.15, 0.2) is 0 Å². The molecule has 8 nitrogen and oxygen atoms in total. The zero-order valence-electron chi connectivity index (χ0n) is 16.0. The summed E-state index contributed by atoms with van der Waals surface area (Å²) >= 11 is 0. The number of rotatable bonds is 6. The third-order valence-corrected chi connectivity index (χ3v) is 4.52. The first kappa shape index (κ1) is 19.5. The van der Waals surface area contributed by atoms with Crippen LogP contribution in [-0.4, -0.2) is 37.2 Å². The van der Waals surface area contributed by atoms with Gasteiger partial charge in [0.2, 0.25) is 5.76 Å². The predicted octanol–water partition coefficient (Wildman–Crippen LogP) is 2.81. The molecule has 2 amide bonds. The monoisotopic (exact) mass is 386 g/mol. The van der Waals surface area contributed by atoms with Crippen molar-refractivity contribution >= 4 is 28.9 Å². The molecule has 3 rings (SSSR count). The summed E-state index contributed by atoms with van der Waals surface area (Å²) in [5, 5.41) is 6.02. The Morgan fingerprint density at radius 2 is 1.89 bits per heavy atom. The van der Waals surface area contributed by atoms with Crippen molar-refractivity contribution in [3.63, 3.8) is 0 Å². The van der Waals surface area contributed by atoms with Crippen molar-refractivity contribution < 1.29 is 28.3 Å². The van der Waals surface area contributed by atoms with E-state index < -0.39 is 24.0 Å². The van der Waals surface area contributed by atoms with Crippen LogP contribution in [0.15, 0.2) is 40.0 Å². The topological polar surface area (TPSA) is 107 Å². The number of urea groups is 1. The molecule has 148 valence electrons. The van der Waals surface area contributed by atoms with Crippen molar-refractivity contribution in [1.29, 1.82) is 0 Å². The number of hydrogen-bond acceptors (Lipinski definition) is 6. The smallest absolute Gasteiger partial charge is 0.374 e. The van der Waals surface area contributed by atoms with Gasteiger partial charge in [-0.05, 0) is 26.3 Å². The third-order valence-electron chi connectivity index (χ3n) is 4.52. The molecule has 0 unspecified atom stereocenters. The molecule has 0 saturated carbocycles.